The molecule has 4 N–H and O–H groups in total. The lowest BCUT2D eigenvalue weighted by Crippen LogP contribution is -2.37. The minimum Gasteiger partial charge on any atom is -0.490 e. The molecule has 2 aromatic carbocycles. The second-order valence-electron chi connectivity index (χ2n) is 7.08. The summed E-state index contributed by atoms with van der Waals surface area (Å²) in [5.41, 5.74) is 7.48. The number of halogens is 1. The van der Waals surface area contributed by atoms with E-state index in [2.05, 4.69) is 5.32 Å². The van der Waals surface area contributed by atoms with Crippen molar-refractivity contribution in [2.24, 2.45) is 5.73 Å². The van der Waals surface area contributed by atoms with Crippen LogP contribution in [0.5, 0.6) is 11.5 Å². The van der Waals surface area contributed by atoms with Crippen LogP contribution in [-0.4, -0.2) is 56.5 Å². The number of carbonyl (C=O) groups is 2. The summed E-state index contributed by atoms with van der Waals surface area (Å²) >= 11 is 6.33. The maximum Gasteiger partial charge on any atom is 0.337 e. The molecule has 3 rings (SSSR count). The first-order chi connectivity index (χ1) is 15.4. The van der Waals surface area contributed by atoms with Crippen molar-refractivity contribution in [3.05, 3.63) is 46.5 Å². The number of hydrogen-bond acceptors (Lipinski definition) is 7. The molecule has 0 unspecified atom stereocenters. The Bertz CT molecular complexity index is 978. The van der Waals surface area contributed by atoms with E-state index in [1.54, 1.807) is 24.3 Å². The molecular formula is C22H26ClN3O6. The van der Waals surface area contributed by atoms with Crippen LogP contribution in [0.2, 0.25) is 5.02 Å². The van der Waals surface area contributed by atoms with Gasteiger partial charge in [0.1, 0.15) is 0 Å². The first-order valence-corrected chi connectivity index (χ1v) is 10.6. The number of carbonyl (C=O) groups excluding carboxylic acids is 1. The molecule has 0 aromatic heterocycles. The van der Waals surface area contributed by atoms with Crippen LogP contribution in [0.25, 0.3) is 0 Å². The van der Waals surface area contributed by atoms with Gasteiger partial charge in [-0.2, -0.15) is 0 Å². The van der Waals surface area contributed by atoms with Crippen molar-refractivity contribution in [2.45, 2.75) is 13.5 Å². The number of rotatable bonds is 10. The molecule has 172 valence electrons. The Morgan fingerprint density at radius 3 is 2.62 bits per heavy atom. The van der Waals surface area contributed by atoms with E-state index in [4.69, 9.17) is 31.5 Å². The van der Waals surface area contributed by atoms with Crippen LogP contribution in [0.4, 0.5) is 11.4 Å². The Morgan fingerprint density at radius 2 is 1.97 bits per heavy atom. The smallest absolute Gasteiger partial charge is 0.337 e. The molecule has 1 aliphatic heterocycles. The van der Waals surface area contributed by atoms with Gasteiger partial charge in [-0.25, -0.2) is 4.79 Å². The Morgan fingerprint density at radius 1 is 1.22 bits per heavy atom. The van der Waals surface area contributed by atoms with Gasteiger partial charge in [0, 0.05) is 25.3 Å². The normalized spacial score (nSPS) is 13.5. The lowest BCUT2D eigenvalue weighted by atomic mass is 10.1. The molecule has 0 radical (unpaired) electrons. The lowest BCUT2D eigenvalue weighted by Gasteiger charge is -2.30. The monoisotopic (exact) mass is 463 g/mol. The Labute approximate surface area is 191 Å². The number of morpholine rings is 1. The number of amides is 1. The Hall–Kier alpha value is -3.17. The van der Waals surface area contributed by atoms with Gasteiger partial charge in [0.2, 0.25) is 0 Å². The van der Waals surface area contributed by atoms with Gasteiger partial charge < -0.3 is 35.3 Å². The highest BCUT2D eigenvalue weighted by atomic mass is 35.5. The molecule has 9 nitrogen and oxygen atoms in total. The van der Waals surface area contributed by atoms with Crippen LogP contribution in [0.15, 0.2) is 30.3 Å². The van der Waals surface area contributed by atoms with Gasteiger partial charge >= 0.3 is 5.97 Å². The Kier molecular flexibility index (Phi) is 8.02. The number of nitrogens with one attached hydrogen (secondary N) is 1. The number of hydrogen-bond donors (Lipinski definition) is 3. The second kappa shape index (κ2) is 10.9. The maximum absolute atomic E-state index is 11.8. The van der Waals surface area contributed by atoms with E-state index in [9.17, 15) is 14.7 Å². The van der Waals surface area contributed by atoms with Crippen molar-refractivity contribution < 1.29 is 28.9 Å². The topological polar surface area (TPSA) is 123 Å². The molecule has 0 saturated carbocycles. The number of nitrogens with zero attached hydrogens (tertiary/aromatic N) is 1. The van der Waals surface area contributed by atoms with Gasteiger partial charge in [0.25, 0.3) is 5.91 Å². The first-order valence-electron chi connectivity index (χ1n) is 10.2. The van der Waals surface area contributed by atoms with Crippen molar-refractivity contribution >= 4 is 34.9 Å². The van der Waals surface area contributed by atoms with Crippen molar-refractivity contribution in [1.82, 2.24) is 0 Å². The number of nitrogens with two attached hydrogens (primary N) is 1. The number of carboxylic acids is 1. The highest BCUT2D eigenvalue weighted by Crippen LogP contribution is 2.37. The molecule has 0 aliphatic carbocycles. The molecule has 1 heterocycles. The van der Waals surface area contributed by atoms with Crippen LogP contribution in [-0.2, 0) is 16.1 Å². The van der Waals surface area contributed by atoms with Gasteiger partial charge in [0.05, 0.1) is 36.1 Å². The van der Waals surface area contributed by atoms with Crippen molar-refractivity contribution in [3.8, 4) is 11.5 Å². The predicted octanol–water partition coefficient (Wildman–Crippen LogP) is 2.75. The zero-order chi connectivity index (χ0) is 23.1. The summed E-state index contributed by atoms with van der Waals surface area (Å²) in [7, 11) is 0. The van der Waals surface area contributed by atoms with Crippen molar-refractivity contribution in [2.75, 3.05) is 49.7 Å². The van der Waals surface area contributed by atoms with Gasteiger partial charge in [-0.05, 0) is 42.8 Å². The molecule has 10 heteroatoms. The van der Waals surface area contributed by atoms with Gasteiger partial charge in [0.15, 0.2) is 18.1 Å². The zero-order valence-corrected chi connectivity index (χ0v) is 18.5. The largest absolute Gasteiger partial charge is 0.490 e. The SMILES string of the molecule is CCOc1cc(CNc2ccc(N3CCOCC3)c(C(=O)O)c2)cc(Cl)c1OCC(N)=O. The van der Waals surface area contributed by atoms with Crippen LogP contribution in [0, 0.1) is 0 Å². The molecule has 0 atom stereocenters. The van der Waals surface area contributed by atoms with Crippen LogP contribution >= 0.6 is 11.6 Å². The van der Waals surface area contributed by atoms with Crippen molar-refractivity contribution in [1.29, 1.82) is 0 Å². The quantitative estimate of drug-likeness (QED) is 0.491. The molecule has 32 heavy (non-hydrogen) atoms. The van der Waals surface area contributed by atoms with E-state index < -0.39 is 11.9 Å². The first kappa shape index (κ1) is 23.5. The predicted molar refractivity (Wildman–Crippen MR) is 121 cm³/mol. The minimum absolute atomic E-state index is 0.222. The number of benzene rings is 2. The zero-order valence-electron chi connectivity index (χ0n) is 17.7. The van der Waals surface area contributed by atoms with Crippen molar-refractivity contribution in [3.63, 3.8) is 0 Å². The fourth-order valence-corrected chi connectivity index (χ4v) is 3.66. The second-order valence-corrected chi connectivity index (χ2v) is 7.49. The van der Waals surface area contributed by atoms with E-state index in [-0.39, 0.29) is 22.9 Å². The highest BCUT2D eigenvalue weighted by molar-refractivity contribution is 6.32. The van der Waals surface area contributed by atoms with E-state index >= 15 is 0 Å². The molecule has 0 spiro atoms. The van der Waals surface area contributed by atoms with Gasteiger partial charge in [-0.15, -0.1) is 0 Å². The Balaban J connectivity index is 1.77. The number of anilines is 2. The van der Waals surface area contributed by atoms with E-state index in [1.165, 1.54) is 0 Å². The summed E-state index contributed by atoms with van der Waals surface area (Å²) in [4.78, 5) is 24.9. The number of aromatic carboxylic acids is 1. The third-order valence-electron chi connectivity index (χ3n) is 4.80. The number of primary amides is 1. The van der Waals surface area contributed by atoms with Crippen LogP contribution in [0.3, 0.4) is 0 Å². The molecule has 1 aliphatic rings. The van der Waals surface area contributed by atoms with E-state index in [1.807, 2.05) is 17.9 Å². The van der Waals surface area contributed by atoms with Gasteiger partial charge in [-0.3, -0.25) is 4.79 Å². The fourth-order valence-electron chi connectivity index (χ4n) is 3.37. The average molecular weight is 464 g/mol. The van der Waals surface area contributed by atoms with Crippen LogP contribution in [0.1, 0.15) is 22.8 Å². The summed E-state index contributed by atoms with van der Waals surface area (Å²) in [6.45, 7) is 4.69. The summed E-state index contributed by atoms with van der Waals surface area (Å²) in [5.74, 6) is -0.970. The van der Waals surface area contributed by atoms with Gasteiger partial charge in [-0.1, -0.05) is 11.6 Å². The minimum atomic E-state index is -0.993. The summed E-state index contributed by atoms with van der Waals surface area (Å²) in [6, 6.07) is 8.69. The average Bonchev–Trinajstić information content (AvgIpc) is 2.77. The molecule has 1 saturated heterocycles. The van der Waals surface area contributed by atoms with E-state index in [0.717, 1.165) is 5.56 Å². The third kappa shape index (κ3) is 5.95. The fraction of sp³-hybridized carbons (Fsp3) is 0.364. The molecule has 1 amide bonds. The molecule has 2 aromatic rings. The highest BCUT2D eigenvalue weighted by Gasteiger charge is 2.19. The van der Waals surface area contributed by atoms with E-state index in [0.29, 0.717) is 56.6 Å². The molecule has 1 fully saturated rings. The lowest BCUT2D eigenvalue weighted by molar-refractivity contribution is -0.119. The summed E-state index contributed by atoms with van der Waals surface area (Å²) < 4.78 is 16.3. The van der Waals surface area contributed by atoms with Crippen LogP contribution < -0.4 is 25.4 Å². The summed E-state index contributed by atoms with van der Waals surface area (Å²) in [5, 5.41) is 13.2. The standard InChI is InChI=1S/C22H26ClN3O6/c1-2-31-19-10-14(9-17(23)21(19)32-13-20(24)27)12-25-15-3-4-18(16(11-15)22(28)29)26-5-7-30-8-6-26/h3-4,9-11,25H,2,5-8,12-13H2,1H3,(H2,24,27)(H,28,29). The summed E-state index contributed by atoms with van der Waals surface area (Å²) in [6.07, 6.45) is 0. The molecule has 0 bridgehead atoms. The number of ether oxygens (including phenoxy) is 3. The number of carboxylic acid groups (broad SMARTS) is 1. The molecular weight excluding hydrogens is 438 g/mol. The third-order valence-corrected chi connectivity index (χ3v) is 5.08. The maximum atomic E-state index is 11.8.